The van der Waals surface area contributed by atoms with Crippen molar-refractivity contribution in [3.8, 4) is 17.2 Å². The van der Waals surface area contributed by atoms with Crippen LogP contribution in [0.3, 0.4) is 0 Å². The van der Waals surface area contributed by atoms with E-state index >= 15 is 0 Å². The van der Waals surface area contributed by atoms with Gasteiger partial charge in [0.15, 0.2) is 16.6 Å². The van der Waals surface area contributed by atoms with E-state index in [2.05, 4.69) is 39.7 Å². The number of ether oxygens (including phenoxy) is 3. The maximum absolute atomic E-state index is 11.9. The summed E-state index contributed by atoms with van der Waals surface area (Å²) in [4.78, 5) is 18.7. The molecule has 0 saturated carbocycles. The average Bonchev–Trinajstić information content (AvgIpc) is 3.63. The van der Waals surface area contributed by atoms with Crippen LogP contribution in [0.2, 0.25) is 0 Å². The molecule has 0 bridgehead atoms. The van der Waals surface area contributed by atoms with Crippen LogP contribution < -0.4 is 19.7 Å². The molecule has 2 aliphatic heterocycles. The van der Waals surface area contributed by atoms with E-state index in [-0.39, 0.29) is 24.8 Å². The molecule has 9 heteroatoms. The maximum Gasteiger partial charge on any atom is 0.337 e. The van der Waals surface area contributed by atoms with E-state index < -0.39 is 0 Å². The van der Waals surface area contributed by atoms with Gasteiger partial charge in [-0.05, 0) is 86.2 Å². The van der Waals surface area contributed by atoms with Crippen LogP contribution >= 0.6 is 12.2 Å². The second-order valence-corrected chi connectivity index (χ2v) is 9.62. The molecule has 192 valence electrons. The van der Waals surface area contributed by atoms with Crippen LogP contribution in [0.4, 0.5) is 5.69 Å². The van der Waals surface area contributed by atoms with E-state index in [1.807, 2.05) is 48.5 Å². The lowest BCUT2D eigenvalue weighted by Crippen LogP contribution is -2.29. The summed E-state index contributed by atoms with van der Waals surface area (Å²) in [6.07, 6.45) is 1.80. The lowest BCUT2D eigenvalue weighted by molar-refractivity contribution is 0.0600. The molecule has 0 unspecified atom stereocenters. The summed E-state index contributed by atoms with van der Waals surface area (Å²) in [5.74, 6) is 1.06. The molecule has 1 fully saturated rings. The minimum Gasteiger partial charge on any atom is -0.465 e. The van der Waals surface area contributed by atoms with Crippen molar-refractivity contribution in [3.05, 3.63) is 101 Å². The standard InChI is InChI=1S/C29H26N4O4S/c1-17-14-22(18(2)32(17)20-9-7-19(8-10-20)28(34)35-3)27-26(23-6-4-5-13-30-23)31-29(38)33(27)21-11-12-24-25(15-21)37-16-36-24/h4-15,26-27H,16H2,1-3H3,(H,31,38)/t26-,27-/m0/s1. The summed E-state index contributed by atoms with van der Waals surface area (Å²) in [5.41, 5.74) is 6.51. The number of fused-ring (bicyclic) bond motifs is 1. The molecule has 2 aromatic heterocycles. The van der Waals surface area contributed by atoms with Crippen molar-refractivity contribution < 1.29 is 19.0 Å². The number of aromatic nitrogens is 2. The monoisotopic (exact) mass is 526 g/mol. The molecule has 6 rings (SSSR count). The minimum absolute atomic E-state index is 0.174. The summed E-state index contributed by atoms with van der Waals surface area (Å²) in [6.45, 7) is 4.38. The smallest absolute Gasteiger partial charge is 0.337 e. The molecule has 0 radical (unpaired) electrons. The number of methoxy groups -OCH3 is 1. The summed E-state index contributed by atoms with van der Waals surface area (Å²) in [7, 11) is 1.38. The molecule has 0 aliphatic carbocycles. The number of benzene rings is 2. The zero-order chi connectivity index (χ0) is 26.4. The fraction of sp³-hybridized carbons (Fsp3) is 0.207. The molecule has 2 aromatic carbocycles. The molecule has 2 atom stereocenters. The topological polar surface area (TPSA) is 77.9 Å². The lowest BCUT2D eigenvalue weighted by atomic mass is 9.96. The number of carbonyl (C=O) groups excluding carboxylic acids is 1. The molecule has 4 aromatic rings. The number of carbonyl (C=O) groups is 1. The molecule has 1 saturated heterocycles. The first-order valence-electron chi connectivity index (χ1n) is 12.2. The van der Waals surface area contributed by atoms with Crippen molar-refractivity contribution in [2.75, 3.05) is 18.8 Å². The van der Waals surface area contributed by atoms with Gasteiger partial charge in [0.05, 0.1) is 30.5 Å². The summed E-state index contributed by atoms with van der Waals surface area (Å²) in [6, 6.07) is 21.1. The number of thiocarbonyl (C=S) groups is 1. The number of pyridine rings is 1. The first kappa shape index (κ1) is 24.0. The summed E-state index contributed by atoms with van der Waals surface area (Å²) >= 11 is 5.90. The van der Waals surface area contributed by atoms with Crippen molar-refractivity contribution in [2.24, 2.45) is 0 Å². The number of hydrogen-bond acceptors (Lipinski definition) is 6. The highest BCUT2D eigenvalue weighted by molar-refractivity contribution is 7.80. The number of esters is 1. The van der Waals surface area contributed by atoms with Crippen LogP contribution in [0.25, 0.3) is 5.69 Å². The van der Waals surface area contributed by atoms with Crippen LogP contribution in [0.1, 0.15) is 45.1 Å². The molecule has 1 N–H and O–H groups in total. The Balaban J connectivity index is 1.47. The van der Waals surface area contributed by atoms with Gasteiger partial charge in [0, 0.05) is 35.0 Å². The van der Waals surface area contributed by atoms with Gasteiger partial charge in [0.2, 0.25) is 6.79 Å². The number of nitrogens with one attached hydrogen (secondary N) is 1. The molecule has 8 nitrogen and oxygen atoms in total. The highest BCUT2D eigenvalue weighted by atomic mass is 32.1. The zero-order valence-corrected chi connectivity index (χ0v) is 22.0. The fourth-order valence-corrected chi connectivity index (χ4v) is 5.68. The second kappa shape index (κ2) is 9.50. The third kappa shape index (κ3) is 3.95. The number of anilines is 1. The van der Waals surface area contributed by atoms with Crippen molar-refractivity contribution in [3.63, 3.8) is 0 Å². The van der Waals surface area contributed by atoms with Gasteiger partial charge in [-0.15, -0.1) is 0 Å². The predicted molar refractivity (Wildman–Crippen MR) is 147 cm³/mol. The van der Waals surface area contributed by atoms with E-state index in [0.717, 1.165) is 39.8 Å². The predicted octanol–water partition coefficient (Wildman–Crippen LogP) is 5.18. The Morgan fingerprint density at radius 2 is 1.79 bits per heavy atom. The first-order valence-corrected chi connectivity index (χ1v) is 12.6. The van der Waals surface area contributed by atoms with Crippen LogP contribution in [-0.2, 0) is 4.74 Å². The molecular formula is C29H26N4O4S. The number of nitrogens with zero attached hydrogens (tertiary/aromatic N) is 3. The SMILES string of the molecule is COC(=O)c1ccc(-n2c(C)cc([C@H]3[C@H](c4ccccn4)NC(=S)N3c3ccc4c(c3)OCO4)c2C)cc1. The normalized spacial score (nSPS) is 18.0. The highest BCUT2D eigenvalue weighted by Crippen LogP contribution is 2.46. The van der Waals surface area contributed by atoms with Gasteiger partial charge in [0.25, 0.3) is 0 Å². The van der Waals surface area contributed by atoms with Crippen LogP contribution in [0.5, 0.6) is 11.5 Å². The first-order chi connectivity index (χ1) is 18.5. The molecular weight excluding hydrogens is 500 g/mol. The van der Waals surface area contributed by atoms with E-state index in [0.29, 0.717) is 16.4 Å². The maximum atomic E-state index is 11.9. The number of aryl methyl sites for hydroxylation is 1. The number of hydrogen-bond donors (Lipinski definition) is 1. The van der Waals surface area contributed by atoms with Crippen molar-refractivity contribution in [1.29, 1.82) is 0 Å². The van der Waals surface area contributed by atoms with Gasteiger partial charge < -0.3 is 29.0 Å². The Hall–Kier alpha value is -4.37. The van der Waals surface area contributed by atoms with Crippen LogP contribution in [0.15, 0.2) is 72.9 Å². The Morgan fingerprint density at radius 3 is 2.53 bits per heavy atom. The summed E-state index contributed by atoms with van der Waals surface area (Å²) < 4.78 is 18.2. The molecule has 2 aliphatic rings. The number of rotatable bonds is 5. The average molecular weight is 527 g/mol. The lowest BCUT2D eigenvalue weighted by Gasteiger charge is -2.28. The Bertz CT molecular complexity index is 1530. The van der Waals surface area contributed by atoms with E-state index in [1.54, 1.807) is 18.3 Å². The van der Waals surface area contributed by atoms with E-state index in [4.69, 9.17) is 26.4 Å². The highest BCUT2D eigenvalue weighted by Gasteiger charge is 2.42. The second-order valence-electron chi connectivity index (χ2n) is 9.23. The van der Waals surface area contributed by atoms with Gasteiger partial charge in [-0.3, -0.25) is 4.98 Å². The van der Waals surface area contributed by atoms with Crippen LogP contribution in [0, 0.1) is 13.8 Å². The van der Waals surface area contributed by atoms with Gasteiger partial charge >= 0.3 is 5.97 Å². The third-order valence-corrected chi connectivity index (χ3v) is 7.38. The van der Waals surface area contributed by atoms with Crippen molar-refractivity contribution >= 4 is 29.0 Å². The van der Waals surface area contributed by atoms with E-state index in [1.165, 1.54) is 7.11 Å². The zero-order valence-electron chi connectivity index (χ0n) is 21.2. The molecule has 38 heavy (non-hydrogen) atoms. The Labute approximate surface area is 225 Å². The Kier molecular flexibility index (Phi) is 6.00. The molecule has 0 amide bonds. The van der Waals surface area contributed by atoms with Gasteiger partial charge in [-0.25, -0.2) is 4.79 Å². The molecule has 0 spiro atoms. The Morgan fingerprint density at radius 1 is 1.03 bits per heavy atom. The minimum atomic E-state index is -0.360. The van der Waals surface area contributed by atoms with Crippen molar-refractivity contribution in [2.45, 2.75) is 25.9 Å². The van der Waals surface area contributed by atoms with Crippen molar-refractivity contribution in [1.82, 2.24) is 14.9 Å². The van der Waals surface area contributed by atoms with E-state index in [9.17, 15) is 4.79 Å². The largest absolute Gasteiger partial charge is 0.465 e. The van der Waals surface area contributed by atoms with Gasteiger partial charge in [-0.2, -0.15) is 0 Å². The van der Waals surface area contributed by atoms with Gasteiger partial charge in [0.1, 0.15) is 0 Å². The van der Waals surface area contributed by atoms with Gasteiger partial charge in [-0.1, -0.05) is 6.07 Å². The third-order valence-electron chi connectivity index (χ3n) is 7.07. The molecule has 4 heterocycles. The summed E-state index contributed by atoms with van der Waals surface area (Å²) in [5, 5.41) is 4.13. The van der Waals surface area contributed by atoms with Crippen LogP contribution in [-0.4, -0.2) is 34.5 Å². The fourth-order valence-electron chi connectivity index (χ4n) is 5.33. The quantitative estimate of drug-likeness (QED) is 0.282.